The molecule has 0 saturated heterocycles. The topological polar surface area (TPSA) is 87.0 Å². The van der Waals surface area contributed by atoms with Crippen LogP contribution in [0.4, 0.5) is 0 Å². The highest BCUT2D eigenvalue weighted by molar-refractivity contribution is 7.89. The normalized spacial score (nSPS) is 17.2. The summed E-state index contributed by atoms with van der Waals surface area (Å²) in [5.74, 6) is 0.268. The Labute approximate surface area is 105 Å². The number of nitrogens with zero attached hydrogens (tertiary/aromatic N) is 4. The molecule has 2 heterocycles. The molecule has 0 aromatic carbocycles. The smallest absolute Gasteiger partial charge is 0.293 e. The Balaban J connectivity index is 2.43. The molecule has 0 fully saturated rings. The van der Waals surface area contributed by atoms with E-state index in [0.717, 1.165) is 0 Å². The van der Waals surface area contributed by atoms with Gasteiger partial charge in [0.25, 0.3) is 0 Å². The van der Waals surface area contributed by atoms with Crippen LogP contribution in [0.1, 0.15) is 12.5 Å². The van der Waals surface area contributed by atoms with Gasteiger partial charge in [0.1, 0.15) is 5.71 Å². The minimum atomic E-state index is -3.79. The van der Waals surface area contributed by atoms with Crippen molar-refractivity contribution in [1.82, 2.24) is 15.4 Å². The van der Waals surface area contributed by atoms with Gasteiger partial charge >= 0.3 is 10.2 Å². The fourth-order valence-electron chi connectivity index (χ4n) is 1.55. The van der Waals surface area contributed by atoms with Gasteiger partial charge in [-0.1, -0.05) is 6.92 Å². The molecule has 1 aromatic heterocycles. The number of likely N-dealkylation sites (N-methyl/N-ethyl adjacent to an activating group) is 1. The molecule has 7 nitrogen and oxygen atoms in total. The molecule has 2 rings (SSSR count). The summed E-state index contributed by atoms with van der Waals surface area (Å²) in [6.07, 6.45) is 3.16. The van der Waals surface area contributed by atoms with Crippen LogP contribution in [0.2, 0.25) is 0 Å². The summed E-state index contributed by atoms with van der Waals surface area (Å²) in [6.45, 7) is 2.55. The number of rotatable bonds is 3. The summed E-state index contributed by atoms with van der Waals surface area (Å²) >= 11 is 0. The lowest BCUT2D eigenvalue weighted by Crippen LogP contribution is -2.42. The van der Waals surface area contributed by atoms with Crippen molar-refractivity contribution in [3.05, 3.63) is 30.1 Å². The second-order valence-corrected chi connectivity index (χ2v) is 4.88. The van der Waals surface area contributed by atoms with E-state index in [1.807, 2.05) is 6.92 Å². The van der Waals surface area contributed by atoms with Gasteiger partial charge in [0.15, 0.2) is 5.84 Å². The maximum absolute atomic E-state index is 11.5. The number of hydrogen-bond acceptors (Lipinski definition) is 5. The number of pyridine rings is 1. The zero-order valence-corrected chi connectivity index (χ0v) is 10.8. The van der Waals surface area contributed by atoms with Gasteiger partial charge in [-0.05, 0) is 12.1 Å². The van der Waals surface area contributed by atoms with E-state index in [-0.39, 0.29) is 5.84 Å². The van der Waals surface area contributed by atoms with Crippen molar-refractivity contribution in [3.63, 3.8) is 0 Å². The standard InChI is InChI=1S/C10H13N5O2S/c1-3-12-15(2)10-9(13-18(16,17)14-10)8-5-4-6-11-7-8/h4-7,12H,3H2,1-2H3. The Bertz CT molecular complexity index is 594. The Morgan fingerprint density at radius 2 is 2.17 bits per heavy atom. The van der Waals surface area contributed by atoms with E-state index >= 15 is 0 Å². The molecular formula is C10H13N5O2S. The molecule has 8 heteroatoms. The lowest BCUT2D eigenvalue weighted by atomic mass is 10.1. The molecule has 0 bridgehead atoms. The second-order valence-electron chi connectivity index (χ2n) is 3.62. The van der Waals surface area contributed by atoms with E-state index < -0.39 is 10.2 Å². The van der Waals surface area contributed by atoms with E-state index in [0.29, 0.717) is 17.8 Å². The molecule has 18 heavy (non-hydrogen) atoms. The van der Waals surface area contributed by atoms with E-state index in [4.69, 9.17) is 0 Å². The van der Waals surface area contributed by atoms with Gasteiger partial charge in [-0.3, -0.25) is 9.99 Å². The number of hydrazine groups is 1. The van der Waals surface area contributed by atoms with Crippen molar-refractivity contribution in [2.75, 3.05) is 13.6 Å². The Kier molecular flexibility index (Phi) is 3.39. The van der Waals surface area contributed by atoms with Crippen LogP contribution in [-0.2, 0) is 10.2 Å². The van der Waals surface area contributed by atoms with Gasteiger partial charge in [-0.2, -0.15) is 8.42 Å². The minimum Gasteiger partial charge on any atom is -0.293 e. The highest BCUT2D eigenvalue weighted by atomic mass is 32.2. The van der Waals surface area contributed by atoms with Crippen LogP contribution in [0.25, 0.3) is 0 Å². The van der Waals surface area contributed by atoms with Crippen LogP contribution >= 0.6 is 0 Å². The number of hydrogen-bond donors (Lipinski definition) is 1. The Morgan fingerprint density at radius 1 is 1.39 bits per heavy atom. The predicted molar refractivity (Wildman–Crippen MR) is 68.6 cm³/mol. The van der Waals surface area contributed by atoms with Crippen molar-refractivity contribution >= 4 is 21.8 Å². The van der Waals surface area contributed by atoms with Crippen molar-refractivity contribution in [2.24, 2.45) is 8.80 Å². The maximum Gasteiger partial charge on any atom is 0.365 e. The molecule has 96 valence electrons. The average Bonchev–Trinajstić information content (AvgIpc) is 2.67. The highest BCUT2D eigenvalue weighted by Gasteiger charge is 2.28. The Hall–Kier alpha value is -1.80. The first-order valence-corrected chi connectivity index (χ1v) is 6.76. The van der Waals surface area contributed by atoms with Crippen molar-refractivity contribution in [3.8, 4) is 0 Å². The zero-order chi connectivity index (χ0) is 13.2. The third kappa shape index (κ3) is 2.54. The van der Waals surface area contributed by atoms with Gasteiger partial charge in [0, 0.05) is 31.5 Å². The lowest BCUT2D eigenvalue weighted by Gasteiger charge is -2.19. The number of nitrogens with one attached hydrogen (secondary N) is 1. The summed E-state index contributed by atoms with van der Waals surface area (Å²) in [7, 11) is -2.10. The van der Waals surface area contributed by atoms with Gasteiger partial charge < -0.3 is 0 Å². The first kappa shape index (κ1) is 12.7. The van der Waals surface area contributed by atoms with Gasteiger partial charge in [-0.15, -0.1) is 8.80 Å². The van der Waals surface area contributed by atoms with Crippen molar-refractivity contribution in [2.45, 2.75) is 6.92 Å². The quantitative estimate of drug-likeness (QED) is 0.778. The van der Waals surface area contributed by atoms with Gasteiger partial charge in [-0.25, -0.2) is 5.43 Å². The molecule has 1 aromatic rings. The second kappa shape index (κ2) is 4.83. The molecule has 1 N–H and O–H groups in total. The summed E-state index contributed by atoms with van der Waals surface area (Å²) in [5.41, 5.74) is 3.87. The van der Waals surface area contributed by atoms with Gasteiger partial charge in [0.2, 0.25) is 0 Å². The monoisotopic (exact) mass is 267 g/mol. The van der Waals surface area contributed by atoms with Crippen LogP contribution in [0.5, 0.6) is 0 Å². The van der Waals surface area contributed by atoms with E-state index in [9.17, 15) is 8.42 Å². The molecule has 0 radical (unpaired) electrons. The lowest BCUT2D eigenvalue weighted by molar-refractivity contribution is 0.383. The SMILES string of the molecule is CCNN(C)C1=NS(=O)(=O)N=C1c1cccnc1. The summed E-state index contributed by atoms with van der Waals surface area (Å²) < 4.78 is 30.2. The van der Waals surface area contributed by atoms with E-state index in [1.54, 1.807) is 31.6 Å². The van der Waals surface area contributed by atoms with Crippen LogP contribution < -0.4 is 5.43 Å². The molecule has 0 spiro atoms. The fraction of sp³-hybridized carbons (Fsp3) is 0.300. The summed E-state index contributed by atoms with van der Waals surface area (Å²) in [4.78, 5) is 3.95. The molecule has 0 amide bonds. The van der Waals surface area contributed by atoms with Crippen LogP contribution in [0, 0.1) is 0 Å². The molecule has 1 aliphatic heterocycles. The van der Waals surface area contributed by atoms with Crippen molar-refractivity contribution < 1.29 is 8.42 Å². The average molecular weight is 267 g/mol. The minimum absolute atomic E-state index is 0.268. The molecule has 0 atom stereocenters. The maximum atomic E-state index is 11.5. The summed E-state index contributed by atoms with van der Waals surface area (Å²) in [6, 6.07) is 3.45. The summed E-state index contributed by atoms with van der Waals surface area (Å²) in [5, 5.41) is 1.54. The molecular weight excluding hydrogens is 254 g/mol. The molecule has 0 aliphatic carbocycles. The zero-order valence-electron chi connectivity index (χ0n) is 10.0. The van der Waals surface area contributed by atoms with Crippen LogP contribution in [0.15, 0.2) is 33.3 Å². The highest BCUT2D eigenvalue weighted by Crippen LogP contribution is 2.14. The number of amidine groups is 1. The van der Waals surface area contributed by atoms with Crippen LogP contribution in [-0.4, -0.2) is 43.6 Å². The van der Waals surface area contributed by atoms with E-state index in [1.165, 1.54) is 5.01 Å². The third-order valence-corrected chi connectivity index (χ3v) is 3.09. The first-order valence-electron chi connectivity index (χ1n) is 5.36. The fourth-order valence-corrected chi connectivity index (χ4v) is 2.43. The molecule has 0 saturated carbocycles. The molecule has 0 unspecified atom stereocenters. The van der Waals surface area contributed by atoms with Crippen molar-refractivity contribution in [1.29, 1.82) is 0 Å². The largest absolute Gasteiger partial charge is 0.365 e. The Morgan fingerprint density at radius 3 is 2.78 bits per heavy atom. The van der Waals surface area contributed by atoms with E-state index in [2.05, 4.69) is 19.2 Å². The molecule has 1 aliphatic rings. The predicted octanol–water partition coefficient (Wildman–Crippen LogP) is -0.0161. The number of aromatic nitrogens is 1. The third-order valence-electron chi connectivity index (χ3n) is 2.27. The van der Waals surface area contributed by atoms with Crippen LogP contribution in [0.3, 0.4) is 0 Å². The van der Waals surface area contributed by atoms with Gasteiger partial charge in [0.05, 0.1) is 0 Å². The first-order chi connectivity index (χ1) is 8.53.